The first-order valence-corrected chi connectivity index (χ1v) is 5.52. The van der Waals surface area contributed by atoms with E-state index >= 15 is 0 Å². The van der Waals surface area contributed by atoms with Crippen molar-refractivity contribution in [3.8, 4) is 0 Å². The maximum Gasteiger partial charge on any atom is 0.348 e. The Morgan fingerprint density at radius 2 is 2.00 bits per heavy atom. The second-order valence-electron chi connectivity index (χ2n) is 5.31. The van der Waals surface area contributed by atoms with Gasteiger partial charge in [0.25, 0.3) is 0 Å². The molecule has 1 aliphatic carbocycles. The molecule has 2 bridgehead atoms. The Morgan fingerprint density at radius 1 is 1.41 bits per heavy atom. The molecule has 1 aliphatic heterocycles. The largest absolute Gasteiger partial charge is 0.496 e. The third-order valence-corrected chi connectivity index (χ3v) is 4.65. The summed E-state index contributed by atoms with van der Waals surface area (Å²) in [6, 6.07) is 0. The van der Waals surface area contributed by atoms with Crippen molar-refractivity contribution in [2.45, 2.75) is 39.2 Å². The molecule has 0 spiro atoms. The van der Waals surface area contributed by atoms with Gasteiger partial charge in [-0.05, 0) is 26.4 Å². The predicted octanol–water partition coefficient (Wildman–Crippen LogP) is 1.49. The Labute approximate surface area is 95.3 Å². The normalized spacial score (nSPS) is 37.3. The molecule has 0 radical (unpaired) electrons. The van der Waals surface area contributed by atoms with Crippen molar-refractivity contribution in [1.82, 2.24) is 0 Å². The number of esters is 2. The van der Waals surface area contributed by atoms with Crippen LogP contribution in [0.5, 0.6) is 0 Å². The van der Waals surface area contributed by atoms with Gasteiger partial charge in [0, 0.05) is 5.41 Å². The van der Waals surface area contributed by atoms with Crippen LogP contribution in [0.25, 0.3) is 0 Å². The summed E-state index contributed by atoms with van der Waals surface area (Å²) in [5.41, 5.74) is -2.20. The minimum atomic E-state index is -1.10. The van der Waals surface area contributed by atoms with E-state index in [1.807, 2.05) is 20.8 Å². The van der Waals surface area contributed by atoms with Crippen molar-refractivity contribution < 1.29 is 19.1 Å². The molecule has 2 aliphatic rings. The fourth-order valence-corrected chi connectivity index (χ4v) is 2.91. The Kier molecular flexibility index (Phi) is 2.46. The van der Waals surface area contributed by atoms with Gasteiger partial charge in [-0.15, -0.1) is 0 Å². The van der Waals surface area contributed by atoms with E-state index in [1.54, 1.807) is 0 Å². The second kappa shape index (κ2) is 3.22. The molecule has 2 atom stereocenters. The van der Waals surface area contributed by atoms with Gasteiger partial charge in [-0.25, -0.2) is 4.79 Å². The zero-order chi connectivity index (χ0) is 12.2. The van der Waals surface area contributed by atoms with E-state index in [0.717, 1.165) is 0 Å². The van der Waals surface area contributed by atoms with E-state index in [0.29, 0.717) is 12.8 Å². The molecule has 0 N–H and O–H groups in total. The molecule has 1 heterocycles. The topological polar surface area (TPSA) is 52.6 Å². The number of fused-ring (bicyclic) bond motifs is 2. The summed E-state index contributed by atoms with van der Waals surface area (Å²) in [5, 5.41) is 0. The molecular weight excluding hydrogens is 477 g/mol. The molecular formula is C12H17O4Sg-. The third kappa shape index (κ3) is 1.08. The van der Waals surface area contributed by atoms with E-state index in [2.05, 4.69) is 6.92 Å². The van der Waals surface area contributed by atoms with Crippen molar-refractivity contribution >= 4 is 11.9 Å². The SMILES string of the molecule is [CH2-]COC(=O)C12CCC(C)(C(=O)O1)C2(C)C.[Sg]. The zero-order valence-electron chi connectivity index (χ0n) is 10.7. The average molecular weight is 494 g/mol. The summed E-state index contributed by atoms with van der Waals surface area (Å²) in [4.78, 5) is 23.8. The van der Waals surface area contributed by atoms with E-state index in [1.165, 1.54) is 0 Å². The van der Waals surface area contributed by atoms with Crippen LogP contribution in [0.4, 0.5) is 0 Å². The fraction of sp³-hybridized carbons (Fsp3) is 0.750. The van der Waals surface area contributed by atoms with Crippen LogP contribution in [-0.4, -0.2) is 24.1 Å². The van der Waals surface area contributed by atoms with Crippen molar-refractivity contribution in [1.29, 1.82) is 0 Å². The van der Waals surface area contributed by atoms with E-state index in [4.69, 9.17) is 9.47 Å². The van der Waals surface area contributed by atoms with Gasteiger partial charge in [0.2, 0.25) is 5.60 Å². The molecule has 0 aromatic carbocycles. The van der Waals surface area contributed by atoms with Crippen LogP contribution in [0.2, 0.25) is 0 Å². The summed E-state index contributed by atoms with van der Waals surface area (Å²) < 4.78 is 10.3. The molecule has 1 saturated carbocycles. The first-order chi connectivity index (χ1) is 7.32. The maximum absolute atomic E-state index is 12.0. The third-order valence-electron chi connectivity index (χ3n) is 4.65. The number of ether oxygens (including phenoxy) is 2. The van der Waals surface area contributed by atoms with Crippen molar-refractivity contribution in [2.24, 2.45) is 10.8 Å². The van der Waals surface area contributed by atoms with Gasteiger partial charge >= 0.3 is 11.9 Å². The molecule has 2 unspecified atom stereocenters. The van der Waals surface area contributed by atoms with Crippen LogP contribution < -0.4 is 0 Å². The minimum absolute atomic E-state index is 0. The van der Waals surface area contributed by atoms with Gasteiger partial charge in [-0.2, -0.15) is 0 Å². The van der Waals surface area contributed by atoms with Crippen LogP contribution in [0, 0.1) is 17.8 Å². The quantitative estimate of drug-likeness (QED) is 0.432. The van der Waals surface area contributed by atoms with E-state index < -0.39 is 22.4 Å². The summed E-state index contributed by atoms with van der Waals surface area (Å²) in [5.74, 6) is -0.744. The van der Waals surface area contributed by atoms with Crippen molar-refractivity contribution in [2.75, 3.05) is 6.61 Å². The van der Waals surface area contributed by atoms with Crippen molar-refractivity contribution in [3.63, 3.8) is 0 Å². The molecule has 92 valence electrons. The first-order valence-electron chi connectivity index (χ1n) is 5.52. The van der Waals surface area contributed by atoms with Crippen LogP contribution in [0.15, 0.2) is 0 Å². The number of carbonyl (C=O) groups is 2. The molecule has 2 rings (SSSR count). The van der Waals surface area contributed by atoms with Crippen LogP contribution >= 0.6 is 0 Å². The summed E-state index contributed by atoms with van der Waals surface area (Å²) in [7, 11) is 0. The molecule has 5 heteroatoms. The smallest absolute Gasteiger partial charge is 0.348 e. The number of hydrogen-bond donors (Lipinski definition) is 0. The number of carbonyl (C=O) groups excluding carboxylic acids is 2. The standard InChI is InChI=1S/C12H17O4.Sg/c1-5-15-9(14)12-7-6-11(4,8(13)16-12)10(12,2)3;/h1,5-7H2,2-4H3;/q-1;. The van der Waals surface area contributed by atoms with E-state index in [-0.39, 0.29) is 12.6 Å². The van der Waals surface area contributed by atoms with Crippen molar-refractivity contribution in [3.05, 3.63) is 6.92 Å². The van der Waals surface area contributed by atoms with Gasteiger partial charge in [0.1, 0.15) is 0 Å². The molecule has 4 nitrogen and oxygen atoms in total. The fourth-order valence-electron chi connectivity index (χ4n) is 2.91. The summed E-state index contributed by atoms with van der Waals surface area (Å²) >= 11 is 0. The van der Waals surface area contributed by atoms with Crippen LogP contribution in [0.1, 0.15) is 33.6 Å². The Morgan fingerprint density at radius 3 is 2.35 bits per heavy atom. The Balaban J connectivity index is 0.00000144. The van der Waals surface area contributed by atoms with Gasteiger partial charge in [0.05, 0.1) is 5.41 Å². The second-order valence-corrected chi connectivity index (χ2v) is 5.31. The van der Waals surface area contributed by atoms with Crippen LogP contribution in [0.3, 0.4) is 0 Å². The van der Waals surface area contributed by atoms with Gasteiger partial charge < -0.3 is 16.4 Å². The number of hydrogen-bond acceptors (Lipinski definition) is 4. The first kappa shape index (κ1) is 13.0. The van der Waals surface area contributed by atoms with Gasteiger partial charge in [-0.3, -0.25) is 4.79 Å². The number of rotatable bonds is 2. The Bertz CT molecular complexity index is 366. The van der Waals surface area contributed by atoms with Gasteiger partial charge in [-0.1, -0.05) is 13.8 Å². The predicted molar refractivity (Wildman–Crippen MR) is 56.3 cm³/mol. The van der Waals surface area contributed by atoms with E-state index in [9.17, 15) is 9.59 Å². The zero-order valence-corrected chi connectivity index (χ0v) is 17.1. The molecule has 1 saturated heterocycles. The van der Waals surface area contributed by atoms with Crippen LogP contribution in [-0.2, 0) is 19.1 Å². The maximum atomic E-state index is 12.0. The molecule has 0 aromatic heterocycles. The van der Waals surface area contributed by atoms with Gasteiger partial charge in [0.15, 0.2) is 0 Å². The Hall–Kier alpha value is -2.06. The average Bonchev–Trinajstić information content (AvgIpc) is 2.48. The molecule has 2 fully saturated rings. The summed E-state index contributed by atoms with van der Waals surface area (Å²) in [6.07, 6.45) is 1.21. The molecule has 0 amide bonds. The molecule has 17 heavy (non-hydrogen) atoms. The minimum Gasteiger partial charge on any atom is -0.496 e. The molecule has 0 aromatic rings. The monoisotopic (exact) mass is 496 g/mol. The summed E-state index contributed by atoms with van der Waals surface area (Å²) in [6.45, 7) is 9.20.